The lowest BCUT2D eigenvalue weighted by Crippen LogP contribution is -2.35. The number of alkyl carbamates (subject to hydrolysis) is 1. The Labute approximate surface area is 179 Å². The van der Waals surface area contributed by atoms with Crippen LogP contribution in [0.3, 0.4) is 0 Å². The van der Waals surface area contributed by atoms with Gasteiger partial charge in [0.05, 0.1) is 10.0 Å². The first-order valence-corrected chi connectivity index (χ1v) is 10.7. The number of thioether (sulfide) groups is 1. The summed E-state index contributed by atoms with van der Waals surface area (Å²) in [5, 5.41) is 12.4. The number of halogens is 2. The molecule has 0 spiro atoms. The molecule has 9 heteroatoms. The van der Waals surface area contributed by atoms with Gasteiger partial charge in [-0.05, 0) is 50.8 Å². The summed E-state index contributed by atoms with van der Waals surface area (Å²) in [6.45, 7) is 9.55. The Balaban J connectivity index is 2.03. The van der Waals surface area contributed by atoms with Crippen molar-refractivity contribution in [2.75, 3.05) is 0 Å². The predicted octanol–water partition coefficient (Wildman–Crippen LogP) is 6.28. The molecule has 154 valence electrons. The van der Waals surface area contributed by atoms with E-state index in [-0.39, 0.29) is 0 Å². The van der Waals surface area contributed by atoms with Crippen LogP contribution in [0.25, 0.3) is 0 Å². The first kappa shape index (κ1) is 22.8. The molecule has 6 nitrogen and oxygen atoms in total. The highest BCUT2D eigenvalue weighted by molar-refractivity contribution is 7.98. The average molecular weight is 446 g/mol. The fraction of sp³-hybridized carbons (Fsp3) is 0.526. The lowest BCUT2D eigenvalue weighted by atomic mass is 10.0. The van der Waals surface area contributed by atoms with Crippen LogP contribution in [0.2, 0.25) is 10.0 Å². The molecule has 1 N–H and O–H groups in total. The second-order valence-corrected chi connectivity index (χ2v) is 9.51. The minimum Gasteiger partial charge on any atom is -0.444 e. The van der Waals surface area contributed by atoms with Crippen LogP contribution in [0.4, 0.5) is 4.79 Å². The molecule has 0 fully saturated rings. The molecule has 0 saturated carbocycles. The van der Waals surface area contributed by atoms with Gasteiger partial charge in [0, 0.05) is 5.75 Å². The number of ether oxygens (including phenoxy) is 1. The van der Waals surface area contributed by atoms with Crippen molar-refractivity contribution in [3.8, 4) is 0 Å². The molecular formula is C19H25Cl2N3O3S. The number of hydrogen-bond acceptors (Lipinski definition) is 6. The van der Waals surface area contributed by atoms with Gasteiger partial charge in [-0.3, -0.25) is 0 Å². The largest absolute Gasteiger partial charge is 0.444 e. The minimum atomic E-state index is -0.581. The van der Waals surface area contributed by atoms with E-state index in [4.69, 9.17) is 32.4 Å². The SMILES string of the molecule is CC(C)C[C@@H](NC(=O)OC(C)(C)C)c1nnc(SCc2ccc(Cl)c(Cl)c2)o1. The molecule has 2 rings (SSSR count). The first-order valence-electron chi connectivity index (χ1n) is 8.93. The number of carbonyl (C=O) groups is 1. The monoisotopic (exact) mass is 445 g/mol. The zero-order valence-electron chi connectivity index (χ0n) is 16.6. The molecular weight excluding hydrogens is 421 g/mol. The van der Waals surface area contributed by atoms with Crippen molar-refractivity contribution in [1.29, 1.82) is 0 Å². The van der Waals surface area contributed by atoms with E-state index in [1.165, 1.54) is 11.8 Å². The van der Waals surface area contributed by atoms with Crippen LogP contribution < -0.4 is 5.32 Å². The number of amides is 1. The zero-order valence-corrected chi connectivity index (χ0v) is 18.9. The molecule has 0 radical (unpaired) electrons. The average Bonchev–Trinajstić information content (AvgIpc) is 3.02. The van der Waals surface area contributed by atoms with E-state index in [1.807, 2.05) is 26.8 Å². The smallest absolute Gasteiger partial charge is 0.408 e. The Hall–Kier alpha value is -1.44. The quantitative estimate of drug-likeness (QED) is 0.505. The summed E-state index contributed by atoms with van der Waals surface area (Å²) in [4.78, 5) is 12.1. The summed E-state index contributed by atoms with van der Waals surface area (Å²) >= 11 is 13.4. The van der Waals surface area contributed by atoms with Gasteiger partial charge in [0.25, 0.3) is 5.22 Å². The van der Waals surface area contributed by atoms with Crippen molar-refractivity contribution >= 4 is 41.1 Å². The maximum atomic E-state index is 12.1. The summed E-state index contributed by atoms with van der Waals surface area (Å²) in [7, 11) is 0. The van der Waals surface area contributed by atoms with Crippen molar-refractivity contribution in [2.24, 2.45) is 5.92 Å². The van der Waals surface area contributed by atoms with Crippen LogP contribution in [-0.2, 0) is 10.5 Å². The fourth-order valence-electron chi connectivity index (χ4n) is 2.34. The van der Waals surface area contributed by atoms with Gasteiger partial charge in [0.1, 0.15) is 11.6 Å². The maximum Gasteiger partial charge on any atom is 0.408 e. The van der Waals surface area contributed by atoms with Crippen molar-refractivity contribution in [1.82, 2.24) is 15.5 Å². The topological polar surface area (TPSA) is 77.2 Å². The number of benzene rings is 1. The summed E-state index contributed by atoms with van der Waals surface area (Å²) < 4.78 is 11.1. The van der Waals surface area contributed by atoms with E-state index in [2.05, 4.69) is 29.4 Å². The Morgan fingerprint density at radius 3 is 2.57 bits per heavy atom. The Bertz CT molecular complexity index is 806. The highest BCUT2D eigenvalue weighted by atomic mass is 35.5. The van der Waals surface area contributed by atoms with Crippen LogP contribution in [-0.4, -0.2) is 21.9 Å². The Morgan fingerprint density at radius 1 is 1.25 bits per heavy atom. The van der Waals surface area contributed by atoms with Crippen molar-refractivity contribution < 1.29 is 13.9 Å². The van der Waals surface area contributed by atoms with Gasteiger partial charge in [-0.25, -0.2) is 4.79 Å². The molecule has 0 saturated heterocycles. The van der Waals surface area contributed by atoms with Crippen LogP contribution in [0, 0.1) is 5.92 Å². The second-order valence-electron chi connectivity index (χ2n) is 7.77. The molecule has 2 aromatic rings. The highest BCUT2D eigenvalue weighted by Gasteiger charge is 2.25. The molecule has 1 heterocycles. The molecule has 0 unspecified atom stereocenters. The standard InChI is InChI=1S/C19H25Cl2N3O3S/c1-11(2)8-15(22-17(25)27-19(3,4)5)16-23-24-18(26-16)28-10-12-6-7-13(20)14(21)9-12/h6-7,9,11,15H,8,10H2,1-5H3,(H,22,25)/t15-/m1/s1. The van der Waals surface area contributed by atoms with Gasteiger partial charge < -0.3 is 14.5 Å². The molecule has 0 bridgehead atoms. The number of aromatic nitrogens is 2. The van der Waals surface area contributed by atoms with Crippen LogP contribution in [0.5, 0.6) is 0 Å². The predicted molar refractivity (Wildman–Crippen MR) is 112 cm³/mol. The molecule has 0 aliphatic heterocycles. The highest BCUT2D eigenvalue weighted by Crippen LogP contribution is 2.29. The fourth-order valence-corrected chi connectivity index (χ4v) is 3.37. The van der Waals surface area contributed by atoms with Crippen molar-refractivity contribution in [3.63, 3.8) is 0 Å². The molecule has 1 aromatic heterocycles. The summed E-state index contributed by atoms with van der Waals surface area (Å²) in [5.74, 6) is 1.28. The van der Waals surface area contributed by atoms with Gasteiger partial charge in [0.2, 0.25) is 5.89 Å². The van der Waals surface area contributed by atoms with E-state index in [9.17, 15) is 4.79 Å². The van der Waals surface area contributed by atoms with Gasteiger partial charge in [0.15, 0.2) is 0 Å². The Kier molecular flexibility index (Phi) is 8.04. The molecule has 1 aromatic carbocycles. The van der Waals surface area contributed by atoms with E-state index in [0.29, 0.717) is 39.3 Å². The third kappa shape index (κ3) is 7.53. The summed E-state index contributed by atoms with van der Waals surface area (Å²) in [6, 6.07) is 5.04. The first-order chi connectivity index (χ1) is 13.0. The van der Waals surface area contributed by atoms with Gasteiger partial charge in [-0.2, -0.15) is 0 Å². The van der Waals surface area contributed by atoms with E-state index < -0.39 is 17.7 Å². The number of hydrogen-bond donors (Lipinski definition) is 1. The van der Waals surface area contributed by atoms with E-state index in [1.54, 1.807) is 12.1 Å². The maximum absolute atomic E-state index is 12.1. The summed E-state index contributed by atoms with van der Waals surface area (Å²) in [6.07, 6.45) is 0.138. The van der Waals surface area contributed by atoms with E-state index >= 15 is 0 Å². The number of carbonyl (C=O) groups excluding carboxylic acids is 1. The van der Waals surface area contributed by atoms with Crippen molar-refractivity contribution in [3.05, 3.63) is 39.7 Å². The molecule has 0 aliphatic rings. The third-order valence-electron chi connectivity index (χ3n) is 3.46. The molecule has 0 aliphatic carbocycles. The van der Waals surface area contributed by atoms with Gasteiger partial charge in [-0.15, -0.1) is 10.2 Å². The molecule has 1 atom stereocenters. The lowest BCUT2D eigenvalue weighted by molar-refractivity contribution is 0.0487. The van der Waals surface area contributed by atoms with Crippen LogP contribution in [0.15, 0.2) is 27.8 Å². The van der Waals surface area contributed by atoms with Crippen LogP contribution >= 0.6 is 35.0 Å². The van der Waals surface area contributed by atoms with Crippen LogP contribution in [0.1, 0.15) is 58.5 Å². The molecule has 28 heavy (non-hydrogen) atoms. The van der Waals surface area contributed by atoms with Gasteiger partial charge in [-0.1, -0.05) is 54.9 Å². The minimum absolute atomic E-state index is 0.319. The lowest BCUT2D eigenvalue weighted by Gasteiger charge is -2.22. The third-order valence-corrected chi connectivity index (χ3v) is 5.09. The molecule has 1 amide bonds. The number of nitrogens with one attached hydrogen (secondary N) is 1. The zero-order chi connectivity index (χ0) is 20.9. The summed E-state index contributed by atoms with van der Waals surface area (Å²) in [5.41, 5.74) is 0.409. The Morgan fingerprint density at radius 2 is 1.96 bits per heavy atom. The normalized spacial score (nSPS) is 12.9. The second kappa shape index (κ2) is 9.85. The van der Waals surface area contributed by atoms with Crippen molar-refractivity contribution in [2.45, 2.75) is 63.7 Å². The van der Waals surface area contributed by atoms with Gasteiger partial charge >= 0.3 is 6.09 Å². The van der Waals surface area contributed by atoms with E-state index in [0.717, 1.165) is 5.56 Å². The number of nitrogens with zero attached hydrogens (tertiary/aromatic N) is 2. The number of rotatable bonds is 7.